The fourth-order valence-electron chi connectivity index (χ4n) is 5.53. The van der Waals surface area contributed by atoms with Crippen molar-refractivity contribution in [3.63, 3.8) is 0 Å². The van der Waals surface area contributed by atoms with Gasteiger partial charge in [0.15, 0.2) is 0 Å². The van der Waals surface area contributed by atoms with E-state index in [2.05, 4.69) is 13.2 Å². The third-order valence-corrected chi connectivity index (χ3v) is 6.90. The predicted molar refractivity (Wildman–Crippen MR) is 114 cm³/mol. The van der Waals surface area contributed by atoms with Gasteiger partial charge in [0.05, 0.1) is 30.6 Å². The van der Waals surface area contributed by atoms with E-state index in [-0.39, 0.29) is 31.1 Å². The van der Waals surface area contributed by atoms with Gasteiger partial charge >= 0.3 is 5.97 Å². The van der Waals surface area contributed by atoms with Crippen LogP contribution in [0.5, 0.6) is 0 Å². The van der Waals surface area contributed by atoms with Crippen molar-refractivity contribution in [2.75, 3.05) is 19.8 Å². The number of carbonyl (C=O) groups excluding carboxylic acids is 3. The minimum absolute atomic E-state index is 0.0523. The number of aliphatic hydroxyl groups excluding tert-OH is 1. The third kappa shape index (κ3) is 3.59. The molecule has 3 aliphatic rings. The summed E-state index contributed by atoms with van der Waals surface area (Å²) in [5.74, 6) is -2.61. The molecular weight excluding hydrogens is 400 g/mol. The summed E-state index contributed by atoms with van der Waals surface area (Å²) in [6, 6.07) is -1.54. The van der Waals surface area contributed by atoms with Crippen molar-refractivity contribution in [3.05, 3.63) is 25.3 Å². The molecule has 0 aromatic carbocycles. The molecule has 3 fully saturated rings. The van der Waals surface area contributed by atoms with E-state index in [1.807, 2.05) is 20.8 Å². The topological polar surface area (TPSA) is 96.4 Å². The largest absolute Gasteiger partial charge is 0.461 e. The lowest BCUT2D eigenvalue weighted by Crippen LogP contribution is -2.59. The lowest BCUT2D eigenvalue weighted by Gasteiger charge is -2.40. The monoisotopic (exact) mass is 434 g/mol. The van der Waals surface area contributed by atoms with Gasteiger partial charge in [-0.15, -0.1) is 6.58 Å². The number of ether oxygens (including phenoxy) is 2. The maximum absolute atomic E-state index is 13.8. The summed E-state index contributed by atoms with van der Waals surface area (Å²) in [6.45, 7) is 13.1. The van der Waals surface area contributed by atoms with Crippen LogP contribution in [0.25, 0.3) is 0 Å². The second-order valence-corrected chi connectivity index (χ2v) is 8.84. The molecule has 3 heterocycles. The molecule has 8 nitrogen and oxygen atoms in total. The average Bonchev–Trinajstić information content (AvgIpc) is 3.38. The van der Waals surface area contributed by atoms with Crippen LogP contribution >= 0.6 is 0 Å². The summed E-state index contributed by atoms with van der Waals surface area (Å²) in [7, 11) is 0. The van der Waals surface area contributed by atoms with Crippen molar-refractivity contribution >= 4 is 17.8 Å². The molecule has 1 spiro atoms. The van der Waals surface area contributed by atoms with Crippen molar-refractivity contribution in [2.24, 2.45) is 11.8 Å². The lowest BCUT2D eigenvalue weighted by molar-refractivity contribution is -0.156. The van der Waals surface area contributed by atoms with Crippen molar-refractivity contribution in [1.82, 2.24) is 9.80 Å². The van der Waals surface area contributed by atoms with Crippen LogP contribution < -0.4 is 0 Å². The minimum atomic E-state index is -1.09. The summed E-state index contributed by atoms with van der Waals surface area (Å²) in [4.78, 5) is 43.5. The molecule has 2 unspecified atom stereocenters. The number of carbonyl (C=O) groups is 3. The van der Waals surface area contributed by atoms with Gasteiger partial charge in [-0.25, -0.2) is 0 Å². The van der Waals surface area contributed by atoms with Crippen LogP contribution in [0.15, 0.2) is 25.3 Å². The Kier molecular flexibility index (Phi) is 6.91. The highest BCUT2D eigenvalue weighted by molar-refractivity contribution is 5.98. The molecular formula is C23H34N2O6. The third-order valence-electron chi connectivity index (χ3n) is 6.90. The summed E-state index contributed by atoms with van der Waals surface area (Å²) in [6.07, 6.45) is 4.24. The summed E-state index contributed by atoms with van der Waals surface area (Å²) >= 11 is 0. The van der Waals surface area contributed by atoms with Crippen LogP contribution in [0.2, 0.25) is 0 Å². The zero-order chi connectivity index (χ0) is 22.9. The summed E-state index contributed by atoms with van der Waals surface area (Å²) in [5.41, 5.74) is -1.09. The van der Waals surface area contributed by atoms with Crippen LogP contribution in [0, 0.1) is 11.8 Å². The first kappa shape index (κ1) is 23.5. The number of rotatable bonds is 10. The first-order valence-electron chi connectivity index (χ1n) is 11.1. The molecule has 2 amide bonds. The van der Waals surface area contributed by atoms with Gasteiger partial charge in [-0.1, -0.05) is 25.7 Å². The fraction of sp³-hybridized carbons (Fsp3) is 0.696. The van der Waals surface area contributed by atoms with E-state index in [1.165, 1.54) is 11.0 Å². The molecule has 0 saturated carbocycles. The Balaban J connectivity index is 2.06. The van der Waals surface area contributed by atoms with E-state index >= 15 is 0 Å². The Bertz CT molecular complexity index is 748. The number of hydrogen-bond acceptors (Lipinski definition) is 6. The van der Waals surface area contributed by atoms with Crippen LogP contribution in [0.4, 0.5) is 0 Å². The van der Waals surface area contributed by atoms with Crippen LogP contribution in [-0.2, 0) is 23.9 Å². The number of likely N-dealkylation sites (tertiary alicyclic amines) is 1. The normalized spacial score (nSPS) is 32.2. The van der Waals surface area contributed by atoms with Gasteiger partial charge in [-0.2, -0.15) is 0 Å². The Hall–Kier alpha value is -2.19. The molecule has 172 valence electrons. The first-order valence-corrected chi connectivity index (χ1v) is 11.1. The molecule has 1 N–H and O–H groups in total. The van der Waals surface area contributed by atoms with E-state index in [0.29, 0.717) is 25.8 Å². The van der Waals surface area contributed by atoms with Gasteiger partial charge < -0.3 is 24.4 Å². The zero-order valence-electron chi connectivity index (χ0n) is 18.7. The highest BCUT2D eigenvalue weighted by Crippen LogP contribution is 2.59. The van der Waals surface area contributed by atoms with E-state index < -0.39 is 41.6 Å². The van der Waals surface area contributed by atoms with Gasteiger partial charge in [0.1, 0.15) is 18.2 Å². The standard InChI is InChI=1S/C23H34N2O6/c1-6-11-24(14(4)5)21(28)19-23-10-9-16(31-23)17(22(29)30-12-7-2)18(23)20(27)25(19)15(8-3)13-26/h6-7,14-19,26H,1-2,8-13H2,3-5H3/t15-,16-,17+,18-,19?,23?/m0/s1. The summed E-state index contributed by atoms with van der Waals surface area (Å²) in [5, 5.41) is 10.00. The van der Waals surface area contributed by atoms with E-state index in [9.17, 15) is 19.5 Å². The molecule has 6 atom stereocenters. The molecule has 3 saturated heterocycles. The number of amides is 2. The molecule has 0 radical (unpaired) electrons. The zero-order valence-corrected chi connectivity index (χ0v) is 18.7. The predicted octanol–water partition coefficient (Wildman–Crippen LogP) is 1.28. The average molecular weight is 435 g/mol. The Morgan fingerprint density at radius 3 is 2.65 bits per heavy atom. The molecule has 2 bridgehead atoms. The quantitative estimate of drug-likeness (QED) is 0.411. The van der Waals surface area contributed by atoms with Gasteiger partial charge in [0.25, 0.3) is 0 Å². The van der Waals surface area contributed by atoms with Crippen molar-refractivity contribution in [2.45, 2.75) is 69.9 Å². The molecule has 3 aliphatic heterocycles. The van der Waals surface area contributed by atoms with Gasteiger partial charge in [-0.3, -0.25) is 14.4 Å². The van der Waals surface area contributed by atoms with Crippen LogP contribution in [0.1, 0.15) is 40.0 Å². The number of hydrogen-bond donors (Lipinski definition) is 1. The van der Waals surface area contributed by atoms with Crippen molar-refractivity contribution in [3.8, 4) is 0 Å². The molecule has 8 heteroatoms. The molecule has 0 aromatic rings. The number of nitrogens with zero attached hydrogens (tertiary/aromatic N) is 2. The Morgan fingerprint density at radius 1 is 1.39 bits per heavy atom. The maximum atomic E-state index is 13.8. The first-order chi connectivity index (χ1) is 14.8. The SMILES string of the molecule is C=CCOC(=O)[C@@H]1[C@@H]2CCC3(O2)C(C(=O)N(CC=C)C(C)C)N([C@@H](CC)CO)C(=O)[C@H]13. The van der Waals surface area contributed by atoms with Gasteiger partial charge in [-0.05, 0) is 33.1 Å². The van der Waals surface area contributed by atoms with Crippen molar-refractivity contribution in [1.29, 1.82) is 0 Å². The molecule has 31 heavy (non-hydrogen) atoms. The molecule has 0 aromatic heterocycles. The molecule has 0 aliphatic carbocycles. The number of aliphatic hydroxyl groups is 1. The number of fused-ring (bicyclic) bond motifs is 1. The molecule has 3 rings (SSSR count). The second-order valence-electron chi connectivity index (χ2n) is 8.84. The van der Waals surface area contributed by atoms with Crippen LogP contribution in [0.3, 0.4) is 0 Å². The second kappa shape index (κ2) is 9.12. The number of esters is 1. The van der Waals surface area contributed by atoms with Gasteiger partial charge in [0.2, 0.25) is 11.8 Å². The van der Waals surface area contributed by atoms with E-state index in [4.69, 9.17) is 9.47 Å². The fourth-order valence-corrected chi connectivity index (χ4v) is 5.53. The maximum Gasteiger partial charge on any atom is 0.312 e. The highest BCUT2D eigenvalue weighted by atomic mass is 16.6. The minimum Gasteiger partial charge on any atom is -0.461 e. The smallest absolute Gasteiger partial charge is 0.312 e. The van der Waals surface area contributed by atoms with Gasteiger partial charge in [0, 0.05) is 12.6 Å². The Labute approximate surface area is 183 Å². The highest BCUT2D eigenvalue weighted by Gasteiger charge is 2.75. The summed E-state index contributed by atoms with van der Waals surface area (Å²) < 4.78 is 11.6. The lowest BCUT2D eigenvalue weighted by atomic mass is 9.70. The van der Waals surface area contributed by atoms with Crippen molar-refractivity contribution < 1.29 is 29.0 Å². The van der Waals surface area contributed by atoms with E-state index in [1.54, 1.807) is 11.0 Å². The van der Waals surface area contributed by atoms with Crippen LogP contribution in [-0.4, -0.2) is 82.3 Å². The Morgan fingerprint density at radius 2 is 2.10 bits per heavy atom. The van der Waals surface area contributed by atoms with E-state index in [0.717, 1.165) is 0 Å².